The van der Waals surface area contributed by atoms with Gasteiger partial charge in [0.15, 0.2) is 0 Å². The second-order valence-corrected chi connectivity index (χ2v) is 7.83. The fraction of sp³-hybridized carbons (Fsp3) is 0.476. The van der Waals surface area contributed by atoms with E-state index in [0.717, 1.165) is 36.6 Å². The van der Waals surface area contributed by atoms with Gasteiger partial charge in [-0.1, -0.05) is 30.7 Å². The Hall–Kier alpha value is -2.43. The number of benzene rings is 1. The second-order valence-electron chi connectivity index (χ2n) is 7.83. The number of likely N-dealkylation sites (tertiary alicyclic amines) is 1. The van der Waals surface area contributed by atoms with Gasteiger partial charge in [-0.25, -0.2) is 4.98 Å². The molecule has 26 heavy (non-hydrogen) atoms. The van der Waals surface area contributed by atoms with E-state index >= 15 is 0 Å². The third-order valence-electron chi connectivity index (χ3n) is 6.27. The molecule has 2 unspecified atom stereocenters. The largest absolute Gasteiger partial charge is 0.342 e. The summed E-state index contributed by atoms with van der Waals surface area (Å²) >= 11 is 0. The number of carbonyl (C=O) groups excluding carboxylic acids is 2. The van der Waals surface area contributed by atoms with Gasteiger partial charge in [0.2, 0.25) is 5.91 Å². The fourth-order valence-electron chi connectivity index (χ4n) is 4.91. The highest BCUT2D eigenvalue weighted by molar-refractivity contribution is 5.94. The Balaban J connectivity index is 1.56. The Morgan fingerprint density at radius 2 is 2.08 bits per heavy atom. The lowest BCUT2D eigenvalue weighted by atomic mass is 9.74. The number of piperidine rings is 1. The van der Waals surface area contributed by atoms with E-state index in [1.54, 1.807) is 4.90 Å². The minimum absolute atomic E-state index is 0.0317. The van der Waals surface area contributed by atoms with Gasteiger partial charge < -0.3 is 9.80 Å². The molecule has 1 aromatic carbocycles. The van der Waals surface area contributed by atoms with Crippen molar-refractivity contribution in [3.05, 3.63) is 42.1 Å². The SMILES string of the molecule is CN(CC12CCCC1N(C)C(=O)CC2)C(=O)c1ccc2ccccc2n1. The van der Waals surface area contributed by atoms with Gasteiger partial charge in [-0.15, -0.1) is 0 Å². The molecule has 1 saturated heterocycles. The fourth-order valence-corrected chi connectivity index (χ4v) is 4.91. The summed E-state index contributed by atoms with van der Waals surface area (Å²) in [6.45, 7) is 0.683. The second kappa shape index (κ2) is 6.38. The smallest absolute Gasteiger partial charge is 0.272 e. The Kier molecular flexibility index (Phi) is 4.17. The number of nitrogens with zero attached hydrogens (tertiary/aromatic N) is 3. The van der Waals surface area contributed by atoms with Crippen LogP contribution in [-0.4, -0.2) is 53.3 Å². The van der Waals surface area contributed by atoms with E-state index in [0.29, 0.717) is 18.7 Å². The van der Waals surface area contributed by atoms with Crippen LogP contribution in [0.5, 0.6) is 0 Å². The van der Waals surface area contributed by atoms with Gasteiger partial charge in [-0.05, 0) is 31.4 Å². The highest BCUT2D eigenvalue weighted by atomic mass is 16.2. The number of aromatic nitrogens is 1. The molecule has 1 aliphatic carbocycles. The lowest BCUT2D eigenvalue weighted by Crippen LogP contribution is -2.54. The predicted molar refractivity (Wildman–Crippen MR) is 101 cm³/mol. The van der Waals surface area contributed by atoms with Gasteiger partial charge in [-0.3, -0.25) is 9.59 Å². The number of pyridine rings is 1. The Morgan fingerprint density at radius 3 is 2.92 bits per heavy atom. The first-order valence-corrected chi connectivity index (χ1v) is 9.37. The van der Waals surface area contributed by atoms with E-state index in [1.165, 1.54) is 0 Å². The quantitative estimate of drug-likeness (QED) is 0.854. The van der Waals surface area contributed by atoms with Crippen LogP contribution in [0, 0.1) is 5.41 Å². The van der Waals surface area contributed by atoms with E-state index in [2.05, 4.69) is 4.98 Å². The summed E-state index contributed by atoms with van der Waals surface area (Å²) in [6, 6.07) is 11.8. The first kappa shape index (κ1) is 17.0. The van der Waals surface area contributed by atoms with Crippen LogP contribution in [0.25, 0.3) is 10.9 Å². The average molecular weight is 351 g/mol. The molecule has 2 amide bonds. The van der Waals surface area contributed by atoms with Crippen molar-refractivity contribution in [3.8, 4) is 0 Å². The van der Waals surface area contributed by atoms with Crippen molar-refractivity contribution in [3.63, 3.8) is 0 Å². The maximum absolute atomic E-state index is 13.0. The van der Waals surface area contributed by atoms with E-state index in [1.807, 2.05) is 55.4 Å². The van der Waals surface area contributed by atoms with Gasteiger partial charge in [0.05, 0.1) is 5.52 Å². The normalized spacial score (nSPS) is 25.4. The van der Waals surface area contributed by atoms with Crippen molar-refractivity contribution in [2.45, 2.75) is 38.1 Å². The Bertz CT molecular complexity index is 865. The van der Waals surface area contributed by atoms with Gasteiger partial charge in [0.25, 0.3) is 5.91 Å². The summed E-state index contributed by atoms with van der Waals surface area (Å²) in [5, 5.41) is 1.04. The molecule has 1 saturated carbocycles. The van der Waals surface area contributed by atoms with Gasteiger partial charge in [0, 0.05) is 43.9 Å². The first-order chi connectivity index (χ1) is 12.5. The Labute approximate surface area is 154 Å². The van der Waals surface area contributed by atoms with Crippen LogP contribution in [0.15, 0.2) is 36.4 Å². The maximum atomic E-state index is 13.0. The summed E-state index contributed by atoms with van der Waals surface area (Å²) in [6.07, 6.45) is 4.71. The molecule has 0 N–H and O–H groups in total. The third kappa shape index (κ3) is 2.75. The topological polar surface area (TPSA) is 53.5 Å². The number of carbonyl (C=O) groups is 2. The van der Waals surface area contributed by atoms with Crippen LogP contribution >= 0.6 is 0 Å². The third-order valence-corrected chi connectivity index (χ3v) is 6.27. The molecular weight excluding hydrogens is 326 g/mol. The van der Waals surface area contributed by atoms with Crippen LogP contribution in [0.1, 0.15) is 42.6 Å². The van der Waals surface area contributed by atoms with Crippen molar-refractivity contribution in [1.82, 2.24) is 14.8 Å². The molecular formula is C21H25N3O2. The molecule has 0 radical (unpaired) electrons. The molecule has 2 fully saturated rings. The zero-order valence-electron chi connectivity index (χ0n) is 15.4. The summed E-state index contributed by atoms with van der Waals surface area (Å²) in [5.41, 5.74) is 1.35. The van der Waals surface area contributed by atoms with E-state index < -0.39 is 0 Å². The van der Waals surface area contributed by atoms with Crippen molar-refractivity contribution < 1.29 is 9.59 Å². The zero-order valence-corrected chi connectivity index (χ0v) is 15.4. The van der Waals surface area contributed by atoms with Crippen LogP contribution in [0.3, 0.4) is 0 Å². The standard InChI is InChI=1S/C21H25N3O2/c1-23(14-21-12-5-8-18(21)24(2)19(25)11-13-21)20(26)17-10-9-15-6-3-4-7-16(15)22-17/h3-4,6-7,9-10,18H,5,8,11-14H2,1-2H3. The van der Waals surface area contributed by atoms with E-state index in [9.17, 15) is 9.59 Å². The molecule has 0 bridgehead atoms. The number of fused-ring (bicyclic) bond motifs is 2. The van der Waals surface area contributed by atoms with Crippen LogP contribution in [-0.2, 0) is 4.79 Å². The monoisotopic (exact) mass is 351 g/mol. The first-order valence-electron chi connectivity index (χ1n) is 9.37. The number of para-hydroxylation sites is 1. The summed E-state index contributed by atoms with van der Waals surface area (Å²) in [4.78, 5) is 33.3. The highest BCUT2D eigenvalue weighted by Gasteiger charge is 2.49. The predicted octanol–water partition coefficient (Wildman–Crippen LogP) is 3.10. The molecule has 2 heterocycles. The average Bonchev–Trinajstić information content (AvgIpc) is 3.08. The molecule has 5 heteroatoms. The van der Waals surface area contributed by atoms with Gasteiger partial charge in [-0.2, -0.15) is 0 Å². The number of hydrogen-bond acceptors (Lipinski definition) is 3. The van der Waals surface area contributed by atoms with Crippen molar-refractivity contribution in [2.24, 2.45) is 5.41 Å². The van der Waals surface area contributed by atoms with Crippen LogP contribution in [0.4, 0.5) is 0 Å². The maximum Gasteiger partial charge on any atom is 0.272 e. The van der Waals surface area contributed by atoms with E-state index in [-0.39, 0.29) is 23.3 Å². The van der Waals surface area contributed by atoms with Gasteiger partial charge in [0.1, 0.15) is 5.69 Å². The van der Waals surface area contributed by atoms with E-state index in [4.69, 9.17) is 0 Å². The van der Waals surface area contributed by atoms with Crippen molar-refractivity contribution in [1.29, 1.82) is 0 Å². The number of hydrogen-bond donors (Lipinski definition) is 0. The molecule has 2 atom stereocenters. The molecule has 2 aliphatic rings. The number of amides is 2. The lowest BCUT2D eigenvalue weighted by Gasteiger charge is -2.46. The van der Waals surface area contributed by atoms with Crippen molar-refractivity contribution in [2.75, 3.05) is 20.6 Å². The molecule has 1 aliphatic heterocycles. The molecule has 1 aromatic heterocycles. The Morgan fingerprint density at radius 1 is 1.27 bits per heavy atom. The zero-order chi connectivity index (χ0) is 18.3. The molecule has 4 rings (SSSR count). The van der Waals surface area contributed by atoms with Crippen LogP contribution in [0.2, 0.25) is 0 Å². The summed E-state index contributed by atoms with van der Waals surface area (Å²) < 4.78 is 0. The minimum atomic E-state index is -0.0460. The van der Waals surface area contributed by atoms with Crippen molar-refractivity contribution >= 4 is 22.7 Å². The summed E-state index contributed by atoms with van der Waals surface area (Å²) in [5.74, 6) is 0.188. The number of rotatable bonds is 3. The van der Waals surface area contributed by atoms with Gasteiger partial charge >= 0.3 is 0 Å². The summed E-state index contributed by atoms with van der Waals surface area (Å²) in [7, 11) is 3.78. The molecule has 0 spiro atoms. The highest BCUT2D eigenvalue weighted by Crippen LogP contribution is 2.48. The molecule has 136 valence electrons. The minimum Gasteiger partial charge on any atom is -0.342 e. The van der Waals surface area contributed by atoms with Crippen LogP contribution < -0.4 is 0 Å². The molecule has 2 aromatic rings. The molecule has 5 nitrogen and oxygen atoms in total. The lowest BCUT2D eigenvalue weighted by molar-refractivity contribution is -0.140.